The van der Waals surface area contributed by atoms with E-state index in [1.807, 2.05) is 36.4 Å². The molecule has 3 aromatic carbocycles. The Hall–Kier alpha value is -3.81. The number of likely N-dealkylation sites (tertiary alicyclic amines) is 1. The van der Waals surface area contributed by atoms with E-state index in [1.54, 1.807) is 42.5 Å². The molecule has 5 rings (SSSR count). The minimum absolute atomic E-state index is 0.0969. The van der Waals surface area contributed by atoms with Crippen molar-refractivity contribution in [3.63, 3.8) is 0 Å². The van der Waals surface area contributed by atoms with Gasteiger partial charge in [-0.1, -0.05) is 59.2 Å². The van der Waals surface area contributed by atoms with Gasteiger partial charge in [0, 0.05) is 28.3 Å². The van der Waals surface area contributed by atoms with Crippen molar-refractivity contribution in [2.24, 2.45) is 5.92 Å². The fourth-order valence-corrected chi connectivity index (χ4v) is 4.54. The monoisotopic (exact) mass is 500 g/mol. The zero-order chi connectivity index (χ0) is 24.9. The number of aromatic nitrogens is 2. The predicted octanol–water partition coefficient (Wildman–Crippen LogP) is 5.47. The van der Waals surface area contributed by atoms with Crippen molar-refractivity contribution in [1.82, 2.24) is 15.0 Å². The van der Waals surface area contributed by atoms with Gasteiger partial charge in [0.05, 0.1) is 18.2 Å². The van der Waals surface area contributed by atoms with E-state index < -0.39 is 0 Å². The van der Waals surface area contributed by atoms with Gasteiger partial charge in [-0.15, -0.1) is 0 Å². The number of rotatable bonds is 7. The van der Waals surface area contributed by atoms with Gasteiger partial charge in [0.1, 0.15) is 0 Å². The highest BCUT2D eigenvalue weighted by Gasteiger charge is 2.28. The van der Waals surface area contributed by atoms with Crippen LogP contribution in [0.4, 0.5) is 5.69 Å². The first-order valence-electron chi connectivity index (χ1n) is 11.9. The van der Waals surface area contributed by atoms with Gasteiger partial charge in [-0.05, 0) is 55.8 Å². The summed E-state index contributed by atoms with van der Waals surface area (Å²) in [5, 5.41) is 7.72. The number of ketones is 1. The molecule has 182 valence electrons. The molecular formula is C28H25ClN4O3. The lowest BCUT2D eigenvalue weighted by atomic mass is 9.96. The van der Waals surface area contributed by atoms with Gasteiger partial charge in [0.2, 0.25) is 17.6 Å². The summed E-state index contributed by atoms with van der Waals surface area (Å²) in [7, 11) is 0. The second kappa shape index (κ2) is 10.8. The highest BCUT2D eigenvalue weighted by Crippen LogP contribution is 2.24. The standard InChI is InChI=1S/C28H25ClN4O3/c29-22-14-12-20(13-15-22)27-31-25(36-32-27)18-33-16-6-9-21(17-33)28(35)30-24-11-5-4-10-23(24)26(34)19-7-2-1-3-8-19/h1-5,7-8,10-15,21H,6,9,16-18H2,(H,30,35). The Kier molecular flexibility index (Phi) is 7.21. The molecule has 1 unspecified atom stereocenters. The number of para-hydroxylation sites is 1. The van der Waals surface area contributed by atoms with Gasteiger partial charge in [-0.3, -0.25) is 14.5 Å². The summed E-state index contributed by atoms with van der Waals surface area (Å²) in [6, 6.07) is 23.5. The van der Waals surface area contributed by atoms with E-state index in [1.165, 1.54) is 0 Å². The third kappa shape index (κ3) is 5.53. The topological polar surface area (TPSA) is 88.3 Å². The zero-order valence-electron chi connectivity index (χ0n) is 19.6. The SMILES string of the molecule is O=C(c1ccccc1)c1ccccc1NC(=O)C1CCCN(Cc2nc(-c3ccc(Cl)cc3)no2)C1. The molecule has 36 heavy (non-hydrogen) atoms. The molecule has 0 bridgehead atoms. The van der Waals surface area contributed by atoms with E-state index in [0.717, 1.165) is 24.9 Å². The van der Waals surface area contributed by atoms with Crippen molar-refractivity contribution in [2.45, 2.75) is 19.4 Å². The number of piperidine rings is 1. The summed E-state index contributed by atoms with van der Waals surface area (Å²) >= 11 is 5.96. The first kappa shape index (κ1) is 23.9. The molecule has 1 N–H and O–H groups in total. The summed E-state index contributed by atoms with van der Waals surface area (Å²) < 4.78 is 5.45. The molecule has 7 nitrogen and oxygen atoms in total. The number of amides is 1. The smallest absolute Gasteiger partial charge is 0.241 e. The first-order chi connectivity index (χ1) is 17.6. The van der Waals surface area contributed by atoms with E-state index in [2.05, 4.69) is 20.4 Å². The number of nitrogens with one attached hydrogen (secondary N) is 1. The molecule has 1 saturated heterocycles. The van der Waals surface area contributed by atoms with E-state index in [0.29, 0.717) is 46.6 Å². The third-order valence-corrected chi connectivity index (χ3v) is 6.52. The van der Waals surface area contributed by atoms with Crippen molar-refractivity contribution in [2.75, 3.05) is 18.4 Å². The molecule has 0 saturated carbocycles. The molecular weight excluding hydrogens is 476 g/mol. The van der Waals surface area contributed by atoms with E-state index in [4.69, 9.17) is 16.1 Å². The Morgan fingerprint density at radius 1 is 1.00 bits per heavy atom. The molecule has 1 fully saturated rings. The lowest BCUT2D eigenvalue weighted by molar-refractivity contribution is -0.121. The van der Waals surface area contributed by atoms with Crippen molar-refractivity contribution in [3.8, 4) is 11.4 Å². The van der Waals surface area contributed by atoms with Crippen molar-refractivity contribution in [1.29, 1.82) is 0 Å². The minimum atomic E-state index is -0.211. The van der Waals surface area contributed by atoms with Crippen LogP contribution in [0.2, 0.25) is 5.02 Å². The highest BCUT2D eigenvalue weighted by molar-refractivity contribution is 6.30. The van der Waals surface area contributed by atoms with Gasteiger partial charge in [-0.25, -0.2) is 0 Å². The van der Waals surface area contributed by atoms with Crippen LogP contribution in [0.1, 0.15) is 34.7 Å². The molecule has 0 radical (unpaired) electrons. The maximum atomic E-state index is 13.2. The largest absolute Gasteiger partial charge is 0.338 e. The normalized spacial score (nSPS) is 16.0. The third-order valence-electron chi connectivity index (χ3n) is 6.27. The molecule has 2 heterocycles. The molecule has 1 atom stereocenters. The fourth-order valence-electron chi connectivity index (χ4n) is 4.41. The highest BCUT2D eigenvalue weighted by atomic mass is 35.5. The average Bonchev–Trinajstić information content (AvgIpc) is 3.38. The number of hydrogen-bond donors (Lipinski definition) is 1. The van der Waals surface area contributed by atoms with Gasteiger partial charge >= 0.3 is 0 Å². The van der Waals surface area contributed by atoms with Crippen LogP contribution in [0.3, 0.4) is 0 Å². The average molecular weight is 501 g/mol. The predicted molar refractivity (Wildman–Crippen MR) is 138 cm³/mol. The molecule has 1 aromatic heterocycles. The zero-order valence-corrected chi connectivity index (χ0v) is 20.3. The number of halogens is 1. The van der Waals surface area contributed by atoms with Crippen LogP contribution in [0.25, 0.3) is 11.4 Å². The van der Waals surface area contributed by atoms with Crippen LogP contribution in [-0.2, 0) is 11.3 Å². The molecule has 4 aromatic rings. The van der Waals surface area contributed by atoms with Crippen LogP contribution < -0.4 is 5.32 Å². The van der Waals surface area contributed by atoms with Gasteiger partial charge in [0.15, 0.2) is 5.78 Å². The second-order valence-corrected chi connectivity index (χ2v) is 9.26. The first-order valence-corrected chi connectivity index (χ1v) is 12.2. The maximum Gasteiger partial charge on any atom is 0.241 e. The molecule has 8 heteroatoms. The van der Waals surface area contributed by atoms with E-state index >= 15 is 0 Å². The Labute approximate surface area is 214 Å². The fraction of sp³-hybridized carbons (Fsp3) is 0.214. The van der Waals surface area contributed by atoms with Crippen LogP contribution in [0.15, 0.2) is 83.4 Å². The van der Waals surface area contributed by atoms with Gasteiger partial charge < -0.3 is 9.84 Å². The summed E-state index contributed by atoms with van der Waals surface area (Å²) in [6.45, 7) is 1.87. The number of hydrogen-bond acceptors (Lipinski definition) is 6. The van der Waals surface area contributed by atoms with Crippen LogP contribution in [-0.4, -0.2) is 39.8 Å². The van der Waals surface area contributed by atoms with Crippen molar-refractivity contribution >= 4 is 29.0 Å². The molecule has 0 aliphatic carbocycles. The molecule has 1 amide bonds. The summed E-state index contributed by atoms with van der Waals surface area (Å²) in [5.41, 5.74) is 2.41. The van der Waals surface area contributed by atoms with Gasteiger partial charge in [0.25, 0.3) is 0 Å². The van der Waals surface area contributed by atoms with Crippen molar-refractivity contribution in [3.05, 3.63) is 101 Å². The summed E-state index contributed by atoms with van der Waals surface area (Å²) in [4.78, 5) is 32.8. The second-order valence-electron chi connectivity index (χ2n) is 8.82. The van der Waals surface area contributed by atoms with Gasteiger partial charge in [-0.2, -0.15) is 4.98 Å². The van der Waals surface area contributed by atoms with Crippen LogP contribution in [0.5, 0.6) is 0 Å². The Morgan fingerprint density at radius 2 is 1.75 bits per heavy atom. The maximum absolute atomic E-state index is 13.2. The number of benzene rings is 3. The van der Waals surface area contributed by atoms with Crippen molar-refractivity contribution < 1.29 is 14.1 Å². The number of carbonyl (C=O) groups is 2. The molecule has 1 aliphatic rings. The lowest BCUT2D eigenvalue weighted by Gasteiger charge is -2.31. The molecule has 0 spiro atoms. The lowest BCUT2D eigenvalue weighted by Crippen LogP contribution is -2.40. The minimum Gasteiger partial charge on any atom is -0.338 e. The van der Waals surface area contributed by atoms with Crippen LogP contribution >= 0.6 is 11.6 Å². The number of carbonyl (C=O) groups excluding carboxylic acids is 2. The summed E-state index contributed by atoms with van der Waals surface area (Å²) in [6.07, 6.45) is 1.65. The number of nitrogens with zero attached hydrogens (tertiary/aromatic N) is 3. The Bertz CT molecular complexity index is 1350. The van der Waals surface area contributed by atoms with E-state index in [9.17, 15) is 9.59 Å². The Morgan fingerprint density at radius 3 is 2.56 bits per heavy atom. The summed E-state index contributed by atoms with van der Waals surface area (Å²) in [5.74, 6) is 0.579. The quantitative estimate of drug-likeness (QED) is 0.338. The van der Waals surface area contributed by atoms with Crippen LogP contribution in [0, 0.1) is 5.92 Å². The number of anilines is 1. The Balaban J connectivity index is 1.23. The van der Waals surface area contributed by atoms with E-state index in [-0.39, 0.29) is 17.6 Å². The molecule has 1 aliphatic heterocycles.